The van der Waals surface area contributed by atoms with Crippen LogP contribution in [-0.4, -0.2) is 50.2 Å². The summed E-state index contributed by atoms with van der Waals surface area (Å²) >= 11 is 11.9. The fourth-order valence-corrected chi connectivity index (χ4v) is 4.81. The lowest BCUT2D eigenvalue weighted by Crippen LogP contribution is -2.50. The molecule has 1 heterocycles. The number of aliphatic hydroxyl groups is 1. The lowest BCUT2D eigenvalue weighted by atomic mass is 10.3. The second kappa shape index (κ2) is 6.05. The minimum Gasteiger partial charge on any atom is -0.399 e. The van der Waals surface area contributed by atoms with Crippen molar-refractivity contribution in [3.05, 3.63) is 22.2 Å². The van der Waals surface area contributed by atoms with Gasteiger partial charge < -0.3 is 15.6 Å². The first kappa shape index (κ1) is 15.8. The van der Waals surface area contributed by atoms with Crippen molar-refractivity contribution in [3.8, 4) is 0 Å². The maximum Gasteiger partial charge on any atom is 0.246 e. The van der Waals surface area contributed by atoms with E-state index in [1.807, 2.05) is 0 Å². The molecule has 0 bridgehead atoms. The molecule has 0 amide bonds. The summed E-state index contributed by atoms with van der Waals surface area (Å²) in [7, 11) is -3.93. The zero-order chi connectivity index (χ0) is 14.9. The van der Waals surface area contributed by atoms with Crippen molar-refractivity contribution in [2.45, 2.75) is 10.9 Å². The van der Waals surface area contributed by atoms with Crippen molar-refractivity contribution in [3.63, 3.8) is 0 Å². The molecule has 0 aromatic heterocycles. The highest BCUT2D eigenvalue weighted by Crippen LogP contribution is 2.34. The van der Waals surface area contributed by atoms with Crippen LogP contribution < -0.4 is 5.73 Å². The summed E-state index contributed by atoms with van der Waals surface area (Å²) in [4.78, 5) is -0.199. The molecule has 1 aliphatic heterocycles. The number of hydrogen-bond donors (Lipinski definition) is 2. The molecule has 1 fully saturated rings. The normalized spacial score (nSPS) is 21.1. The van der Waals surface area contributed by atoms with Gasteiger partial charge in [-0.25, -0.2) is 8.42 Å². The maximum absolute atomic E-state index is 12.7. The fourth-order valence-electron chi connectivity index (χ4n) is 2.04. The molecule has 0 aliphatic carbocycles. The third-order valence-corrected chi connectivity index (χ3v) is 5.85. The number of sulfonamides is 1. The van der Waals surface area contributed by atoms with Crippen LogP contribution in [0.3, 0.4) is 0 Å². The highest BCUT2D eigenvalue weighted by molar-refractivity contribution is 7.89. The molecule has 0 saturated carbocycles. The Morgan fingerprint density at radius 2 is 2.00 bits per heavy atom. The summed E-state index contributed by atoms with van der Waals surface area (Å²) in [6, 6.07) is 2.00. The van der Waals surface area contributed by atoms with E-state index in [4.69, 9.17) is 33.7 Å². The van der Waals surface area contributed by atoms with Gasteiger partial charge in [0.05, 0.1) is 35.9 Å². The lowest BCUT2D eigenvalue weighted by molar-refractivity contribution is 0.0109. The third kappa shape index (κ3) is 2.88. The van der Waals surface area contributed by atoms with Gasteiger partial charge in [0.15, 0.2) is 0 Å². The molecule has 0 spiro atoms. The summed E-state index contributed by atoms with van der Waals surface area (Å²) < 4.78 is 31.6. The van der Waals surface area contributed by atoms with E-state index in [2.05, 4.69) is 0 Å². The molecule has 20 heavy (non-hydrogen) atoms. The molecule has 1 atom stereocenters. The van der Waals surface area contributed by atoms with Gasteiger partial charge in [-0.05, 0) is 12.1 Å². The van der Waals surface area contributed by atoms with Gasteiger partial charge in [-0.3, -0.25) is 0 Å². The summed E-state index contributed by atoms with van der Waals surface area (Å²) in [5, 5.41) is 9.20. The van der Waals surface area contributed by atoms with E-state index in [0.29, 0.717) is 0 Å². The minimum atomic E-state index is -3.93. The number of rotatable bonds is 3. The van der Waals surface area contributed by atoms with Gasteiger partial charge >= 0.3 is 0 Å². The van der Waals surface area contributed by atoms with Gasteiger partial charge in [0.25, 0.3) is 0 Å². The van der Waals surface area contributed by atoms with Gasteiger partial charge in [-0.2, -0.15) is 4.31 Å². The lowest BCUT2D eigenvalue weighted by Gasteiger charge is -2.33. The van der Waals surface area contributed by atoms with Crippen molar-refractivity contribution in [2.24, 2.45) is 0 Å². The van der Waals surface area contributed by atoms with Gasteiger partial charge in [0.1, 0.15) is 4.90 Å². The third-order valence-electron chi connectivity index (χ3n) is 2.97. The Morgan fingerprint density at radius 1 is 1.40 bits per heavy atom. The van der Waals surface area contributed by atoms with Crippen LogP contribution >= 0.6 is 23.2 Å². The number of aliphatic hydroxyl groups excluding tert-OH is 1. The van der Waals surface area contributed by atoms with E-state index < -0.39 is 16.1 Å². The molecule has 1 aliphatic rings. The van der Waals surface area contributed by atoms with Crippen LogP contribution in [0.25, 0.3) is 0 Å². The highest BCUT2D eigenvalue weighted by atomic mass is 35.5. The quantitative estimate of drug-likeness (QED) is 0.799. The molecule has 6 nitrogen and oxygen atoms in total. The van der Waals surface area contributed by atoms with E-state index in [1.165, 1.54) is 12.1 Å². The Balaban J connectivity index is 2.49. The number of halogens is 2. The van der Waals surface area contributed by atoms with Crippen molar-refractivity contribution < 1.29 is 18.3 Å². The molecule has 9 heteroatoms. The van der Waals surface area contributed by atoms with Crippen LogP contribution in [0.4, 0.5) is 5.69 Å². The second-order valence-corrected chi connectivity index (χ2v) is 6.98. The maximum atomic E-state index is 12.7. The summed E-state index contributed by atoms with van der Waals surface area (Å²) in [5.41, 5.74) is 5.84. The van der Waals surface area contributed by atoms with Gasteiger partial charge in [-0.1, -0.05) is 23.2 Å². The number of morpholine rings is 1. The van der Waals surface area contributed by atoms with Crippen molar-refractivity contribution >= 4 is 38.9 Å². The molecule has 1 aromatic carbocycles. The number of nitrogen functional groups attached to an aromatic ring is 1. The van der Waals surface area contributed by atoms with Crippen molar-refractivity contribution in [1.29, 1.82) is 0 Å². The average Bonchev–Trinajstić information content (AvgIpc) is 2.37. The average molecular weight is 341 g/mol. The van der Waals surface area contributed by atoms with Crippen LogP contribution in [0.5, 0.6) is 0 Å². The number of benzene rings is 1. The largest absolute Gasteiger partial charge is 0.399 e. The van der Waals surface area contributed by atoms with Gasteiger partial charge in [0, 0.05) is 12.2 Å². The molecule has 0 radical (unpaired) electrons. The van der Waals surface area contributed by atoms with E-state index >= 15 is 0 Å². The molecule has 1 aromatic rings. The van der Waals surface area contributed by atoms with E-state index in [0.717, 1.165) is 4.31 Å². The predicted octanol–water partition coefficient (Wildman–Crippen LogP) is 0.957. The molecule has 1 saturated heterocycles. The first-order chi connectivity index (χ1) is 9.37. The van der Waals surface area contributed by atoms with Crippen molar-refractivity contribution in [2.75, 3.05) is 32.1 Å². The smallest absolute Gasteiger partial charge is 0.246 e. The fraction of sp³-hybridized carbons (Fsp3) is 0.455. The predicted molar refractivity (Wildman–Crippen MR) is 76.5 cm³/mol. The highest BCUT2D eigenvalue weighted by Gasteiger charge is 2.36. The number of hydrogen-bond acceptors (Lipinski definition) is 5. The molecule has 2 rings (SSSR count). The van der Waals surface area contributed by atoms with Gasteiger partial charge in [-0.15, -0.1) is 0 Å². The molecule has 1 unspecified atom stereocenters. The van der Waals surface area contributed by atoms with E-state index in [9.17, 15) is 13.5 Å². The second-order valence-electron chi connectivity index (χ2n) is 4.34. The molecular weight excluding hydrogens is 327 g/mol. The summed E-state index contributed by atoms with van der Waals surface area (Å²) in [6.07, 6.45) is 0. The van der Waals surface area contributed by atoms with Crippen LogP contribution in [-0.2, 0) is 14.8 Å². The molecule has 112 valence electrons. The summed E-state index contributed by atoms with van der Waals surface area (Å²) in [5.74, 6) is 0. The van der Waals surface area contributed by atoms with E-state index in [1.54, 1.807) is 0 Å². The molecule has 3 N–H and O–H groups in total. The van der Waals surface area contributed by atoms with Crippen LogP contribution in [0.2, 0.25) is 10.0 Å². The van der Waals surface area contributed by atoms with Crippen LogP contribution in [0.1, 0.15) is 0 Å². The Kier molecular flexibility index (Phi) is 4.78. The Morgan fingerprint density at radius 3 is 2.55 bits per heavy atom. The zero-order valence-corrected chi connectivity index (χ0v) is 12.7. The monoisotopic (exact) mass is 340 g/mol. The van der Waals surface area contributed by atoms with Crippen LogP contribution in [0.15, 0.2) is 17.0 Å². The molecular formula is C11H14Cl2N2O4S. The zero-order valence-electron chi connectivity index (χ0n) is 10.4. The first-order valence-corrected chi connectivity index (χ1v) is 8.02. The number of nitrogens with two attached hydrogens (primary N) is 1. The standard InChI is InChI=1S/C11H14Cl2N2O4S/c12-9-3-7(14)4-10(13)11(9)20(17,18)15-1-2-19-6-8(15)5-16/h3-4,8,16H,1-2,5-6,14H2. The topological polar surface area (TPSA) is 92.9 Å². The van der Waals surface area contributed by atoms with Crippen molar-refractivity contribution in [1.82, 2.24) is 4.31 Å². The Bertz CT molecular complexity index is 585. The number of nitrogens with zero attached hydrogens (tertiary/aromatic N) is 1. The van der Waals surface area contributed by atoms with Crippen LogP contribution in [0, 0.1) is 0 Å². The van der Waals surface area contributed by atoms with Gasteiger partial charge in [0.2, 0.25) is 10.0 Å². The summed E-state index contributed by atoms with van der Waals surface area (Å²) in [6.45, 7) is 0.161. The minimum absolute atomic E-state index is 0.0434. The number of ether oxygens (including phenoxy) is 1. The Hall–Kier alpha value is -0.570. The SMILES string of the molecule is Nc1cc(Cl)c(S(=O)(=O)N2CCOCC2CO)c(Cl)c1. The Labute approximate surface area is 127 Å². The first-order valence-electron chi connectivity index (χ1n) is 5.83. The number of anilines is 1. The van der Waals surface area contributed by atoms with E-state index in [-0.39, 0.29) is 47.0 Å².